The second-order valence-electron chi connectivity index (χ2n) is 1.69. The Balaban J connectivity index is 2.72. The van der Waals surface area contributed by atoms with Crippen LogP contribution in [-0.2, 0) is 0 Å². The molecule has 3 heteroatoms. The van der Waals surface area contributed by atoms with Crippen molar-refractivity contribution in [2.75, 3.05) is 0 Å². The van der Waals surface area contributed by atoms with Crippen LogP contribution in [0.4, 0.5) is 5.82 Å². The lowest BCUT2D eigenvalue weighted by Gasteiger charge is -1.87. The van der Waals surface area contributed by atoms with E-state index in [2.05, 4.69) is 20.8 Å². The van der Waals surface area contributed by atoms with E-state index >= 15 is 0 Å². The summed E-state index contributed by atoms with van der Waals surface area (Å²) < 4.78 is 0. The van der Waals surface area contributed by atoms with Crippen LogP contribution in [0.25, 0.3) is 6.08 Å². The quantitative estimate of drug-likeness (QED) is 0.512. The van der Waals surface area contributed by atoms with Gasteiger partial charge in [0.15, 0.2) is 5.82 Å². The van der Waals surface area contributed by atoms with Gasteiger partial charge in [0.2, 0.25) is 0 Å². The van der Waals surface area contributed by atoms with Crippen molar-refractivity contribution in [3.05, 3.63) is 18.1 Å². The van der Waals surface area contributed by atoms with Gasteiger partial charge in [-0.1, -0.05) is 0 Å². The van der Waals surface area contributed by atoms with Crippen LogP contribution in [0.3, 0.4) is 0 Å². The largest absolute Gasteiger partial charge is 0.244 e. The molecule has 0 N–H and O–H groups in total. The lowest BCUT2D eigenvalue weighted by molar-refractivity contribution is 1.15. The summed E-state index contributed by atoms with van der Waals surface area (Å²) >= 11 is 0. The Kier molecular flexibility index (Phi) is 0.737. The van der Waals surface area contributed by atoms with E-state index in [1.54, 1.807) is 12.3 Å². The summed E-state index contributed by atoms with van der Waals surface area (Å²) in [7, 11) is 0. The Morgan fingerprint density at radius 1 is 1.44 bits per heavy atom. The van der Waals surface area contributed by atoms with Gasteiger partial charge < -0.3 is 0 Å². The van der Waals surface area contributed by atoms with Gasteiger partial charge >= 0.3 is 0 Å². The maximum absolute atomic E-state index is 3.89. The summed E-state index contributed by atoms with van der Waals surface area (Å²) in [6, 6.07) is 0. The topological polar surface area (TPSA) is 38.1 Å². The van der Waals surface area contributed by atoms with E-state index in [-0.39, 0.29) is 0 Å². The van der Waals surface area contributed by atoms with Gasteiger partial charge in [-0.15, -0.1) is 0 Å². The van der Waals surface area contributed by atoms with Crippen LogP contribution < -0.4 is 0 Å². The lowest BCUT2D eigenvalue weighted by Crippen LogP contribution is -1.77. The molecular weight excluding hydrogens is 114 g/mol. The van der Waals surface area contributed by atoms with Crippen molar-refractivity contribution in [2.45, 2.75) is 0 Å². The normalized spacial score (nSPS) is 12.0. The third-order valence-electron chi connectivity index (χ3n) is 1.11. The predicted octanol–water partition coefficient (Wildman–Crippen LogP) is 0.805. The van der Waals surface area contributed by atoms with Gasteiger partial charge in [-0.05, 0) is 5.87 Å². The fraction of sp³-hybridized carbons (Fsp3) is 0. The second-order valence-corrected chi connectivity index (χ2v) is 1.69. The van der Waals surface area contributed by atoms with Gasteiger partial charge in [0.1, 0.15) is 6.33 Å². The SMILES string of the molecule is C1=Cc2cncnc2N=1. The lowest BCUT2D eigenvalue weighted by atomic mass is 10.3. The van der Waals surface area contributed by atoms with E-state index in [1.807, 2.05) is 0 Å². The molecule has 1 aromatic heterocycles. The molecule has 1 aliphatic rings. The van der Waals surface area contributed by atoms with Crippen LogP contribution >= 0.6 is 0 Å². The number of hydrogen-bond donors (Lipinski definition) is 0. The molecule has 2 heterocycles. The Hall–Kier alpha value is -1.47. The van der Waals surface area contributed by atoms with Gasteiger partial charge in [0.05, 0.1) is 0 Å². The zero-order valence-corrected chi connectivity index (χ0v) is 4.57. The highest BCUT2D eigenvalue weighted by atomic mass is 14.9. The summed E-state index contributed by atoms with van der Waals surface area (Å²) in [4.78, 5) is 11.5. The van der Waals surface area contributed by atoms with Crippen LogP contribution in [0.2, 0.25) is 0 Å². The minimum Gasteiger partial charge on any atom is -0.244 e. The van der Waals surface area contributed by atoms with Crippen LogP contribution in [-0.4, -0.2) is 15.8 Å². The molecule has 2 rings (SSSR count). The monoisotopic (exact) mass is 117 g/mol. The predicted molar refractivity (Wildman–Crippen MR) is 33.6 cm³/mol. The minimum atomic E-state index is 0.713. The number of nitrogens with zero attached hydrogens (tertiary/aromatic N) is 3. The third-order valence-corrected chi connectivity index (χ3v) is 1.11. The first-order valence-corrected chi connectivity index (χ1v) is 2.56. The first kappa shape index (κ1) is 4.41. The standard InChI is InChI=1S/C6H3N3/c1-2-8-6-5(1)3-7-4-9-6/h1,3-4H. The van der Waals surface area contributed by atoms with Crippen molar-refractivity contribution in [1.29, 1.82) is 0 Å². The molecule has 0 unspecified atom stereocenters. The molecule has 3 nitrogen and oxygen atoms in total. The molecule has 0 fully saturated rings. The van der Waals surface area contributed by atoms with Crippen molar-refractivity contribution in [3.8, 4) is 0 Å². The highest BCUT2D eigenvalue weighted by Crippen LogP contribution is 2.16. The molecule has 0 saturated heterocycles. The zero-order chi connectivity index (χ0) is 6.10. The molecule has 0 amide bonds. The van der Waals surface area contributed by atoms with Crippen LogP contribution in [0.15, 0.2) is 17.5 Å². The zero-order valence-electron chi connectivity index (χ0n) is 4.57. The summed E-state index contributed by atoms with van der Waals surface area (Å²) in [6.45, 7) is 0. The molecule has 0 aromatic carbocycles. The second kappa shape index (κ2) is 1.50. The average Bonchev–Trinajstić information content (AvgIpc) is 2.33. The average molecular weight is 117 g/mol. The fourth-order valence-electron chi connectivity index (χ4n) is 0.692. The molecule has 1 aliphatic heterocycles. The van der Waals surface area contributed by atoms with E-state index < -0.39 is 0 Å². The van der Waals surface area contributed by atoms with Gasteiger partial charge in [0, 0.05) is 17.8 Å². The molecule has 9 heavy (non-hydrogen) atoms. The highest BCUT2D eigenvalue weighted by Gasteiger charge is 2.00. The Morgan fingerprint density at radius 3 is 3.33 bits per heavy atom. The van der Waals surface area contributed by atoms with Crippen LogP contribution in [0.5, 0.6) is 0 Å². The Labute approximate surface area is 51.8 Å². The molecular formula is C6H3N3. The van der Waals surface area contributed by atoms with Gasteiger partial charge in [-0.2, -0.15) is 4.99 Å². The summed E-state index contributed by atoms with van der Waals surface area (Å²) in [5.74, 6) is 3.40. The van der Waals surface area contributed by atoms with Gasteiger partial charge in [-0.3, -0.25) is 0 Å². The van der Waals surface area contributed by atoms with E-state index in [9.17, 15) is 0 Å². The van der Waals surface area contributed by atoms with Crippen molar-refractivity contribution < 1.29 is 0 Å². The maximum Gasteiger partial charge on any atom is 0.172 e. The molecule has 0 spiro atoms. The number of aliphatic imine (C=N–C) groups is 1. The molecule has 1 aromatic rings. The molecule has 0 aliphatic carbocycles. The van der Waals surface area contributed by atoms with Crippen molar-refractivity contribution in [3.63, 3.8) is 0 Å². The summed E-state index contributed by atoms with van der Waals surface area (Å²) in [5.41, 5.74) is 0.942. The van der Waals surface area contributed by atoms with Crippen molar-refractivity contribution in [2.24, 2.45) is 4.99 Å². The van der Waals surface area contributed by atoms with E-state index in [1.165, 1.54) is 6.33 Å². The van der Waals surface area contributed by atoms with E-state index in [0.717, 1.165) is 5.56 Å². The van der Waals surface area contributed by atoms with Crippen LogP contribution in [0.1, 0.15) is 5.56 Å². The Morgan fingerprint density at radius 2 is 2.44 bits per heavy atom. The van der Waals surface area contributed by atoms with Crippen molar-refractivity contribution in [1.82, 2.24) is 9.97 Å². The first-order valence-electron chi connectivity index (χ1n) is 2.56. The first-order chi connectivity index (χ1) is 4.47. The molecule has 0 saturated carbocycles. The Bertz CT molecular complexity index is 270. The number of rotatable bonds is 0. The van der Waals surface area contributed by atoms with Crippen molar-refractivity contribution >= 4 is 17.8 Å². The maximum atomic E-state index is 3.89. The highest BCUT2D eigenvalue weighted by molar-refractivity contribution is 5.87. The molecule has 0 radical (unpaired) electrons. The fourth-order valence-corrected chi connectivity index (χ4v) is 0.692. The third kappa shape index (κ3) is 0.556. The van der Waals surface area contributed by atoms with Gasteiger partial charge in [0.25, 0.3) is 0 Å². The summed E-state index contributed by atoms with van der Waals surface area (Å²) in [6.07, 6.45) is 4.95. The number of aromatic nitrogens is 2. The van der Waals surface area contributed by atoms with Gasteiger partial charge in [-0.25, -0.2) is 9.97 Å². The minimum absolute atomic E-state index is 0.713. The molecule has 0 bridgehead atoms. The number of fused-ring (bicyclic) bond motifs is 1. The van der Waals surface area contributed by atoms with E-state index in [0.29, 0.717) is 5.82 Å². The smallest absolute Gasteiger partial charge is 0.172 e. The molecule has 42 valence electrons. The van der Waals surface area contributed by atoms with E-state index in [4.69, 9.17) is 0 Å². The number of hydrogen-bond acceptors (Lipinski definition) is 3. The molecule has 0 atom stereocenters. The van der Waals surface area contributed by atoms with Crippen LogP contribution in [0, 0.1) is 0 Å². The summed E-state index contributed by atoms with van der Waals surface area (Å²) in [5, 5.41) is 0.